The molecular weight excluding hydrogens is 515 g/mol. The summed E-state index contributed by atoms with van der Waals surface area (Å²) < 4.78 is 55.2. The van der Waals surface area contributed by atoms with Crippen LogP contribution in [0.15, 0.2) is 40.9 Å². The molecule has 2 atom stereocenters. The maximum Gasteiger partial charge on any atom is 0.335 e. The van der Waals surface area contributed by atoms with Crippen molar-refractivity contribution >= 4 is 17.7 Å². The minimum Gasteiger partial charge on any atom is -0.478 e. The zero-order valence-corrected chi connectivity index (χ0v) is 20.8. The van der Waals surface area contributed by atoms with Gasteiger partial charge in [-0.1, -0.05) is 11.2 Å². The molecule has 0 spiro atoms. The van der Waals surface area contributed by atoms with Gasteiger partial charge in [-0.15, -0.1) is 0 Å². The maximum absolute atomic E-state index is 14.5. The second-order valence-electron chi connectivity index (χ2n) is 10.4. The van der Waals surface area contributed by atoms with Gasteiger partial charge in [-0.05, 0) is 68.9 Å². The van der Waals surface area contributed by atoms with Crippen LogP contribution in [0, 0.1) is 17.5 Å². The molecule has 6 rings (SSSR count). The molecule has 11 heteroatoms. The first-order valence-corrected chi connectivity index (χ1v) is 13.0. The van der Waals surface area contributed by atoms with E-state index in [2.05, 4.69) is 10.5 Å². The van der Waals surface area contributed by atoms with E-state index in [1.54, 1.807) is 4.90 Å². The highest BCUT2D eigenvalue weighted by molar-refractivity contribution is 5.92. The summed E-state index contributed by atoms with van der Waals surface area (Å²) in [5, 5.41) is 15.6. The van der Waals surface area contributed by atoms with Crippen LogP contribution in [0.4, 0.5) is 23.7 Å². The number of carbonyl (C=O) groups excluding carboxylic acids is 1. The predicted molar refractivity (Wildman–Crippen MR) is 133 cm³/mol. The number of hydrogen-bond acceptors (Lipinski definition) is 5. The number of carboxylic acid groups (broad SMARTS) is 1. The highest BCUT2D eigenvalue weighted by atomic mass is 19.1. The molecule has 2 N–H and O–H groups in total. The number of piperidine rings is 1. The molecule has 1 aromatic heterocycles. The number of benzene rings is 2. The lowest BCUT2D eigenvalue weighted by Crippen LogP contribution is -2.50. The van der Waals surface area contributed by atoms with Gasteiger partial charge in [0, 0.05) is 23.6 Å². The first-order valence-electron chi connectivity index (χ1n) is 13.0. The third-order valence-corrected chi connectivity index (χ3v) is 7.81. The van der Waals surface area contributed by atoms with Crippen molar-refractivity contribution in [2.45, 2.75) is 69.2 Å². The molecule has 204 valence electrons. The van der Waals surface area contributed by atoms with Gasteiger partial charge in [-0.25, -0.2) is 22.8 Å². The van der Waals surface area contributed by atoms with Crippen molar-refractivity contribution in [3.63, 3.8) is 0 Å². The van der Waals surface area contributed by atoms with Gasteiger partial charge in [0.2, 0.25) is 0 Å². The van der Waals surface area contributed by atoms with E-state index >= 15 is 0 Å². The van der Waals surface area contributed by atoms with Crippen LogP contribution in [0.2, 0.25) is 0 Å². The van der Waals surface area contributed by atoms with Gasteiger partial charge in [0.25, 0.3) is 0 Å². The van der Waals surface area contributed by atoms with Crippen LogP contribution < -0.4 is 5.32 Å². The fraction of sp³-hybridized carbons (Fsp3) is 0.393. The SMILES string of the molecule is O=C(O)c1ccc(NC(=O)N2C3CCC2CC(OCc2c(-c4c(F)cccc4F)noc2C2CC2)C3)c(F)c1. The summed E-state index contributed by atoms with van der Waals surface area (Å²) in [6.07, 6.45) is 4.28. The molecule has 3 heterocycles. The molecule has 2 saturated heterocycles. The number of hydrogen-bond donors (Lipinski definition) is 2. The van der Waals surface area contributed by atoms with Gasteiger partial charge in [0.05, 0.1) is 29.5 Å². The van der Waals surface area contributed by atoms with E-state index in [-0.39, 0.29) is 53.2 Å². The smallest absolute Gasteiger partial charge is 0.335 e. The van der Waals surface area contributed by atoms with Crippen molar-refractivity contribution < 1.29 is 37.1 Å². The lowest BCUT2D eigenvalue weighted by molar-refractivity contribution is -0.0158. The van der Waals surface area contributed by atoms with E-state index in [1.807, 2.05) is 0 Å². The number of carbonyl (C=O) groups is 2. The van der Waals surface area contributed by atoms with E-state index in [0.717, 1.165) is 31.7 Å². The van der Waals surface area contributed by atoms with E-state index < -0.39 is 29.5 Å². The number of amides is 2. The Hall–Kier alpha value is -3.86. The molecule has 2 unspecified atom stereocenters. The van der Waals surface area contributed by atoms with Crippen LogP contribution in [0.1, 0.15) is 66.1 Å². The Morgan fingerprint density at radius 3 is 2.33 bits per heavy atom. The molecule has 3 aliphatic rings. The minimum atomic E-state index is -1.26. The molecule has 2 bridgehead atoms. The van der Waals surface area contributed by atoms with Gasteiger partial charge in [0.1, 0.15) is 28.9 Å². The summed E-state index contributed by atoms with van der Waals surface area (Å²) in [5.74, 6) is -2.77. The van der Waals surface area contributed by atoms with Gasteiger partial charge in [-0.3, -0.25) is 0 Å². The Morgan fingerprint density at radius 1 is 1.03 bits per heavy atom. The standard InChI is InChI=1S/C28H26F3N3O5/c29-20-2-1-3-21(30)24(20)25-19(26(39-33-25)14-4-5-14)13-38-18-11-16-7-8-17(12-18)34(16)28(37)32-23-9-6-15(27(35)36)10-22(23)31/h1-3,6,9-10,14,16-18H,4-5,7-8,11-13H2,(H,32,37)(H,35,36). The fourth-order valence-corrected chi connectivity index (χ4v) is 5.77. The maximum atomic E-state index is 14.5. The van der Waals surface area contributed by atoms with E-state index in [9.17, 15) is 22.8 Å². The molecule has 0 radical (unpaired) electrons. The molecule has 2 aliphatic heterocycles. The van der Waals surface area contributed by atoms with Crippen molar-refractivity contribution in [1.82, 2.24) is 10.1 Å². The molecule has 3 aromatic rings. The molecule has 1 aliphatic carbocycles. The van der Waals surface area contributed by atoms with Crippen LogP contribution in [0.5, 0.6) is 0 Å². The Bertz CT molecular complexity index is 1410. The zero-order chi connectivity index (χ0) is 27.3. The third kappa shape index (κ3) is 4.87. The van der Waals surface area contributed by atoms with Crippen molar-refractivity contribution in [3.05, 3.63) is 70.7 Å². The summed E-state index contributed by atoms with van der Waals surface area (Å²) >= 11 is 0. The van der Waals surface area contributed by atoms with Gasteiger partial charge >= 0.3 is 12.0 Å². The monoisotopic (exact) mass is 541 g/mol. The van der Waals surface area contributed by atoms with Gasteiger partial charge in [0.15, 0.2) is 0 Å². The topological polar surface area (TPSA) is 105 Å². The first kappa shape index (κ1) is 25.4. The summed E-state index contributed by atoms with van der Waals surface area (Å²) in [4.78, 5) is 25.8. The Labute approximate surface area is 221 Å². The van der Waals surface area contributed by atoms with E-state index in [1.165, 1.54) is 30.3 Å². The number of urea groups is 1. The van der Waals surface area contributed by atoms with Crippen molar-refractivity contribution in [3.8, 4) is 11.3 Å². The minimum absolute atomic E-state index is 0.0792. The Balaban J connectivity index is 1.14. The summed E-state index contributed by atoms with van der Waals surface area (Å²) in [7, 11) is 0. The van der Waals surface area contributed by atoms with Crippen molar-refractivity contribution in [2.75, 3.05) is 5.32 Å². The summed E-state index contributed by atoms with van der Waals surface area (Å²) in [5.41, 5.74) is 0.136. The highest BCUT2D eigenvalue weighted by Crippen LogP contribution is 2.45. The van der Waals surface area contributed by atoms with Crippen LogP contribution in [-0.4, -0.2) is 45.4 Å². The Kier molecular flexibility index (Phi) is 6.54. The Morgan fingerprint density at radius 2 is 1.72 bits per heavy atom. The number of ether oxygens (including phenoxy) is 1. The average Bonchev–Trinajstić information content (AvgIpc) is 3.60. The normalized spacial score (nSPS) is 22.2. The zero-order valence-electron chi connectivity index (χ0n) is 20.8. The first-order chi connectivity index (χ1) is 18.8. The van der Waals surface area contributed by atoms with Gasteiger partial charge < -0.3 is 24.6 Å². The molecule has 39 heavy (non-hydrogen) atoms. The highest BCUT2D eigenvalue weighted by Gasteiger charge is 2.44. The second-order valence-corrected chi connectivity index (χ2v) is 10.4. The van der Waals surface area contributed by atoms with E-state index in [4.69, 9.17) is 14.4 Å². The lowest BCUT2D eigenvalue weighted by atomic mass is 9.99. The van der Waals surface area contributed by atoms with Crippen molar-refractivity contribution in [2.24, 2.45) is 0 Å². The van der Waals surface area contributed by atoms with Crippen LogP contribution in [0.3, 0.4) is 0 Å². The third-order valence-electron chi connectivity index (χ3n) is 7.81. The molecule has 1 saturated carbocycles. The van der Waals surface area contributed by atoms with Crippen LogP contribution >= 0.6 is 0 Å². The predicted octanol–water partition coefficient (Wildman–Crippen LogP) is 6.08. The number of aromatic carboxylic acids is 1. The number of nitrogens with one attached hydrogen (secondary N) is 1. The average molecular weight is 542 g/mol. The number of carboxylic acids is 1. The number of nitrogens with zero attached hydrogens (tertiary/aromatic N) is 2. The lowest BCUT2D eigenvalue weighted by Gasteiger charge is -2.38. The molecule has 8 nitrogen and oxygen atoms in total. The number of aromatic nitrogens is 1. The van der Waals surface area contributed by atoms with E-state index in [0.29, 0.717) is 24.2 Å². The fourth-order valence-electron chi connectivity index (χ4n) is 5.77. The number of fused-ring (bicyclic) bond motifs is 2. The van der Waals surface area contributed by atoms with Crippen LogP contribution in [0.25, 0.3) is 11.3 Å². The second kappa shape index (κ2) is 10.0. The number of halogens is 3. The number of anilines is 1. The molecule has 2 aromatic carbocycles. The largest absolute Gasteiger partial charge is 0.478 e. The van der Waals surface area contributed by atoms with Crippen molar-refractivity contribution in [1.29, 1.82) is 0 Å². The van der Waals surface area contributed by atoms with Crippen LogP contribution in [-0.2, 0) is 11.3 Å². The molecule has 2 amide bonds. The van der Waals surface area contributed by atoms with Gasteiger partial charge in [-0.2, -0.15) is 0 Å². The summed E-state index contributed by atoms with van der Waals surface area (Å²) in [6.45, 7) is 0.0792. The molecule has 3 fully saturated rings. The number of rotatable bonds is 7. The molecular formula is C28H26F3N3O5. The quantitative estimate of drug-likeness (QED) is 0.376. The summed E-state index contributed by atoms with van der Waals surface area (Å²) in [6, 6.07) is 6.31.